The van der Waals surface area contributed by atoms with Crippen LogP contribution in [-0.2, 0) is 11.2 Å². The molecule has 0 heterocycles. The average Bonchev–Trinajstić information content (AvgIpc) is 2.40. The first-order valence-corrected chi connectivity index (χ1v) is 6.94. The molecule has 0 fully saturated rings. The second kappa shape index (κ2) is 8.56. The van der Waals surface area contributed by atoms with Crippen LogP contribution in [0, 0.1) is 5.92 Å². The van der Waals surface area contributed by atoms with Crippen LogP contribution in [0.4, 0.5) is 8.78 Å². The highest BCUT2D eigenvalue weighted by atomic mass is 19.3. The average molecular weight is 300 g/mol. The fourth-order valence-corrected chi connectivity index (χ4v) is 1.71. The lowest BCUT2D eigenvalue weighted by atomic mass is 10.0. The molecule has 1 atom stereocenters. The number of benzene rings is 1. The van der Waals surface area contributed by atoms with Gasteiger partial charge in [-0.1, -0.05) is 26.0 Å². The van der Waals surface area contributed by atoms with E-state index in [1.165, 1.54) is 12.1 Å². The Morgan fingerprint density at radius 1 is 1.29 bits per heavy atom. The summed E-state index contributed by atoms with van der Waals surface area (Å²) in [5, 5.41) is 2.79. The summed E-state index contributed by atoms with van der Waals surface area (Å²) in [7, 11) is 0. The molecule has 1 aromatic rings. The lowest BCUT2D eigenvalue weighted by Crippen LogP contribution is -2.35. The Morgan fingerprint density at radius 3 is 2.43 bits per heavy atom. The van der Waals surface area contributed by atoms with Crippen molar-refractivity contribution in [2.75, 3.05) is 6.54 Å². The van der Waals surface area contributed by atoms with Gasteiger partial charge in [0.05, 0.1) is 0 Å². The molecule has 0 aromatic heterocycles. The molecular formula is C15H22F2N2O2. The van der Waals surface area contributed by atoms with Gasteiger partial charge >= 0.3 is 6.61 Å². The number of alkyl halides is 2. The molecule has 6 heteroatoms. The van der Waals surface area contributed by atoms with E-state index in [1.54, 1.807) is 12.1 Å². The van der Waals surface area contributed by atoms with Crippen LogP contribution in [-0.4, -0.2) is 25.1 Å². The molecule has 0 aliphatic heterocycles. The molecule has 0 saturated carbocycles. The van der Waals surface area contributed by atoms with E-state index >= 15 is 0 Å². The number of ether oxygens (including phenoxy) is 1. The largest absolute Gasteiger partial charge is 0.435 e. The van der Waals surface area contributed by atoms with Gasteiger partial charge in [0, 0.05) is 19.0 Å². The second-order valence-corrected chi connectivity index (χ2v) is 5.23. The summed E-state index contributed by atoms with van der Waals surface area (Å²) < 4.78 is 28.2. The minimum atomic E-state index is -2.82. The van der Waals surface area contributed by atoms with Gasteiger partial charge in [-0.05, 0) is 30.0 Å². The number of hydrogen-bond acceptors (Lipinski definition) is 3. The third kappa shape index (κ3) is 7.04. The molecule has 118 valence electrons. The van der Waals surface area contributed by atoms with Crippen LogP contribution in [0.15, 0.2) is 24.3 Å². The molecule has 4 nitrogen and oxygen atoms in total. The third-order valence-electron chi connectivity index (χ3n) is 3.16. The van der Waals surface area contributed by atoms with Crippen LogP contribution in [0.2, 0.25) is 0 Å². The van der Waals surface area contributed by atoms with Crippen molar-refractivity contribution in [3.63, 3.8) is 0 Å². The molecular weight excluding hydrogens is 278 g/mol. The third-order valence-corrected chi connectivity index (χ3v) is 3.16. The lowest BCUT2D eigenvalue weighted by molar-refractivity contribution is -0.121. The maximum absolute atomic E-state index is 12.0. The SMILES string of the molecule is CC(C)C(N)CC(=O)NCCc1ccc(OC(F)F)cc1. The minimum absolute atomic E-state index is 0.0751. The van der Waals surface area contributed by atoms with Gasteiger partial charge in [-0.3, -0.25) is 4.79 Å². The topological polar surface area (TPSA) is 64.4 Å². The van der Waals surface area contributed by atoms with E-state index < -0.39 is 6.61 Å². The Hall–Kier alpha value is -1.69. The van der Waals surface area contributed by atoms with Crippen molar-refractivity contribution in [3.8, 4) is 5.75 Å². The lowest BCUT2D eigenvalue weighted by Gasteiger charge is -2.15. The van der Waals surface area contributed by atoms with Crippen molar-refractivity contribution in [3.05, 3.63) is 29.8 Å². The monoisotopic (exact) mass is 300 g/mol. The molecule has 1 rings (SSSR count). The van der Waals surface area contributed by atoms with Gasteiger partial charge in [-0.15, -0.1) is 0 Å². The summed E-state index contributed by atoms with van der Waals surface area (Å²) >= 11 is 0. The summed E-state index contributed by atoms with van der Waals surface area (Å²) in [6.45, 7) is 1.61. The maximum atomic E-state index is 12.0. The molecule has 0 saturated heterocycles. The van der Waals surface area contributed by atoms with E-state index in [0.717, 1.165) is 5.56 Å². The fourth-order valence-electron chi connectivity index (χ4n) is 1.71. The first-order valence-electron chi connectivity index (χ1n) is 6.94. The zero-order valence-corrected chi connectivity index (χ0v) is 12.3. The smallest absolute Gasteiger partial charge is 0.387 e. The molecule has 1 amide bonds. The minimum Gasteiger partial charge on any atom is -0.435 e. The highest BCUT2D eigenvalue weighted by molar-refractivity contribution is 5.76. The predicted octanol–water partition coefficient (Wildman–Crippen LogP) is 2.32. The van der Waals surface area contributed by atoms with Crippen LogP contribution >= 0.6 is 0 Å². The molecule has 0 radical (unpaired) electrons. The fraction of sp³-hybridized carbons (Fsp3) is 0.533. The van der Waals surface area contributed by atoms with Gasteiger partial charge in [0.15, 0.2) is 0 Å². The molecule has 1 unspecified atom stereocenters. The number of carbonyl (C=O) groups is 1. The Balaban J connectivity index is 2.30. The number of nitrogens with two attached hydrogens (primary N) is 1. The molecule has 0 bridgehead atoms. The van der Waals surface area contributed by atoms with Gasteiger partial charge in [0.2, 0.25) is 5.91 Å². The van der Waals surface area contributed by atoms with Crippen molar-refractivity contribution in [2.45, 2.75) is 39.3 Å². The summed E-state index contributed by atoms with van der Waals surface area (Å²) in [5.41, 5.74) is 6.76. The molecule has 1 aromatic carbocycles. The van der Waals surface area contributed by atoms with Crippen LogP contribution < -0.4 is 15.8 Å². The van der Waals surface area contributed by atoms with Gasteiger partial charge in [0.1, 0.15) is 5.75 Å². The van der Waals surface area contributed by atoms with Gasteiger partial charge < -0.3 is 15.8 Å². The first kappa shape index (κ1) is 17.4. The van der Waals surface area contributed by atoms with Gasteiger partial charge in [0.25, 0.3) is 0 Å². The van der Waals surface area contributed by atoms with Crippen molar-refractivity contribution < 1.29 is 18.3 Å². The highest BCUT2D eigenvalue weighted by Gasteiger charge is 2.12. The second-order valence-electron chi connectivity index (χ2n) is 5.23. The van der Waals surface area contributed by atoms with Crippen molar-refractivity contribution in [1.82, 2.24) is 5.32 Å². The zero-order valence-electron chi connectivity index (χ0n) is 12.3. The number of nitrogens with one attached hydrogen (secondary N) is 1. The molecule has 0 spiro atoms. The Bertz CT molecular complexity index is 436. The van der Waals surface area contributed by atoms with E-state index in [9.17, 15) is 13.6 Å². The zero-order chi connectivity index (χ0) is 15.8. The Kier molecular flexibility index (Phi) is 7.08. The molecule has 21 heavy (non-hydrogen) atoms. The summed E-state index contributed by atoms with van der Waals surface area (Å²) in [4.78, 5) is 11.6. The summed E-state index contributed by atoms with van der Waals surface area (Å²) in [5.74, 6) is 0.313. The summed E-state index contributed by atoms with van der Waals surface area (Å²) in [6, 6.07) is 6.22. The first-order chi connectivity index (χ1) is 9.88. The number of amides is 1. The van der Waals surface area contributed by atoms with E-state index in [2.05, 4.69) is 10.1 Å². The van der Waals surface area contributed by atoms with Crippen LogP contribution in [0.5, 0.6) is 5.75 Å². The summed E-state index contributed by atoms with van der Waals surface area (Å²) in [6.07, 6.45) is 0.927. The van der Waals surface area contributed by atoms with Crippen LogP contribution in [0.3, 0.4) is 0 Å². The maximum Gasteiger partial charge on any atom is 0.387 e. The molecule has 0 aliphatic carbocycles. The molecule has 3 N–H and O–H groups in total. The van der Waals surface area contributed by atoms with E-state index in [0.29, 0.717) is 19.4 Å². The van der Waals surface area contributed by atoms with Gasteiger partial charge in [-0.25, -0.2) is 0 Å². The van der Waals surface area contributed by atoms with Crippen LogP contribution in [0.25, 0.3) is 0 Å². The van der Waals surface area contributed by atoms with E-state index in [4.69, 9.17) is 5.73 Å². The molecule has 0 aliphatic rings. The standard InChI is InChI=1S/C15H22F2N2O2/c1-10(2)13(18)9-14(20)19-8-7-11-3-5-12(6-4-11)21-15(16)17/h3-6,10,13,15H,7-9,18H2,1-2H3,(H,19,20). The van der Waals surface area contributed by atoms with Gasteiger partial charge in [-0.2, -0.15) is 8.78 Å². The number of rotatable bonds is 8. The Labute approximate surface area is 123 Å². The predicted molar refractivity (Wildman–Crippen MR) is 77.2 cm³/mol. The van der Waals surface area contributed by atoms with Crippen molar-refractivity contribution in [2.24, 2.45) is 11.7 Å². The highest BCUT2D eigenvalue weighted by Crippen LogP contribution is 2.15. The Morgan fingerprint density at radius 2 is 1.90 bits per heavy atom. The number of carbonyl (C=O) groups excluding carboxylic acids is 1. The normalized spacial score (nSPS) is 12.5. The van der Waals surface area contributed by atoms with Crippen molar-refractivity contribution in [1.29, 1.82) is 0 Å². The van der Waals surface area contributed by atoms with Crippen LogP contribution in [0.1, 0.15) is 25.8 Å². The number of halogens is 2. The van der Waals surface area contributed by atoms with E-state index in [-0.39, 0.29) is 23.6 Å². The quantitative estimate of drug-likeness (QED) is 0.774. The van der Waals surface area contributed by atoms with Crippen molar-refractivity contribution >= 4 is 5.91 Å². The number of hydrogen-bond donors (Lipinski definition) is 2. The van der Waals surface area contributed by atoms with E-state index in [1.807, 2.05) is 13.8 Å².